The highest BCUT2D eigenvalue weighted by atomic mass is 35.5. The Hall–Kier alpha value is -2.03. The normalized spacial score (nSPS) is 11.6. The Morgan fingerprint density at radius 1 is 1.11 bits per heavy atom. The first-order valence-corrected chi connectivity index (χ1v) is 9.44. The van der Waals surface area contributed by atoms with Gasteiger partial charge in [-0.2, -0.15) is 18.3 Å². The van der Waals surface area contributed by atoms with Crippen molar-refractivity contribution in [2.45, 2.75) is 11.9 Å². The maximum atomic E-state index is 13.8. The van der Waals surface area contributed by atoms with Crippen molar-refractivity contribution >= 4 is 40.1 Å². The van der Waals surface area contributed by atoms with Gasteiger partial charge in [0.05, 0.1) is 17.4 Å². The van der Waals surface area contributed by atoms with Gasteiger partial charge in [0.1, 0.15) is 5.82 Å². The van der Waals surface area contributed by atoms with Crippen molar-refractivity contribution in [3.8, 4) is 5.69 Å². The Bertz CT molecular complexity index is 999. The summed E-state index contributed by atoms with van der Waals surface area (Å²) in [4.78, 5) is 12.4. The van der Waals surface area contributed by atoms with Crippen molar-refractivity contribution in [3.63, 3.8) is 0 Å². The quantitative estimate of drug-likeness (QED) is 0.432. The molecule has 10 heteroatoms. The number of carbonyl (C=O) groups is 1. The molecule has 28 heavy (non-hydrogen) atoms. The molecule has 0 aliphatic heterocycles. The molecule has 0 spiro atoms. The Labute approximate surface area is 171 Å². The summed E-state index contributed by atoms with van der Waals surface area (Å²) < 4.78 is 55.3. The van der Waals surface area contributed by atoms with Crippen LogP contribution in [-0.2, 0) is 11.9 Å². The molecule has 3 nitrogen and oxygen atoms in total. The van der Waals surface area contributed by atoms with Crippen LogP contribution < -0.4 is 0 Å². The molecule has 0 amide bonds. The van der Waals surface area contributed by atoms with Gasteiger partial charge in [0.25, 0.3) is 0 Å². The van der Waals surface area contributed by atoms with Gasteiger partial charge in [0.15, 0.2) is 5.69 Å². The summed E-state index contributed by atoms with van der Waals surface area (Å²) in [5.74, 6) is -0.853. The molecule has 146 valence electrons. The highest BCUT2D eigenvalue weighted by Gasteiger charge is 2.40. The van der Waals surface area contributed by atoms with Gasteiger partial charge in [-0.1, -0.05) is 41.0 Å². The average molecular weight is 449 g/mol. The minimum Gasteiger partial charge on any atom is -0.281 e. The lowest BCUT2D eigenvalue weighted by Crippen LogP contribution is -2.16. The van der Waals surface area contributed by atoms with E-state index in [1.54, 1.807) is 0 Å². The highest BCUT2D eigenvalue weighted by Crippen LogP contribution is 2.36. The fraction of sp³-hybridized carbons (Fsp3) is 0.111. The van der Waals surface area contributed by atoms with Crippen molar-refractivity contribution in [1.82, 2.24) is 9.78 Å². The van der Waals surface area contributed by atoms with Crippen LogP contribution >= 0.6 is 35.0 Å². The summed E-state index contributed by atoms with van der Waals surface area (Å²) in [7, 11) is 0. The second-order valence-electron chi connectivity index (χ2n) is 5.57. The average Bonchev–Trinajstić information content (AvgIpc) is 3.07. The number of halogens is 6. The summed E-state index contributed by atoms with van der Waals surface area (Å²) in [6, 6.07) is 9.52. The maximum Gasteiger partial charge on any atom is 0.434 e. The lowest BCUT2D eigenvalue weighted by atomic mass is 10.2. The summed E-state index contributed by atoms with van der Waals surface area (Å²) in [6.07, 6.45) is -3.99. The fourth-order valence-electron chi connectivity index (χ4n) is 2.43. The molecule has 0 fully saturated rings. The highest BCUT2D eigenvalue weighted by molar-refractivity contribution is 8.13. The minimum absolute atomic E-state index is 0.0427. The van der Waals surface area contributed by atoms with Gasteiger partial charge in [-0.05, 0) is 36.4 Å². The molecular weight excluding hydrogens is 439 g/mol. The van der Waals surface area contributed by atoms with E-state index in [4.69, 9.17) is 23.2 Å². The number of hydrogen-bond donors (Lipinski definition) is 0. The zero-order chi connectivity index (χ0) is 20.5. The van der Waals surface area contributed by atoms with E-state index in [0.717, 1.165) is 12.3 Å². The zero-order valence-electron chi connectivity index (χ0n) is 13.8. The molecule has 1 heterocycles. The number of rotatable bonds is 4. The molecule has 0 saturated heterocycles. The molecule has 1 aromatic heterocycles. The first-order chi connectivity index (χ1) is 13.2. The second-order valence-corrected chi connectivity index (χ2v) is 7.36. The fourth-order valence-corrected chi connectivity index (χ4v) is 3.74. The van der Waals surface area contributed by atoms with Crippen LogP contribution in [0.25, 0.3) is 5.69 Å². The van der Waals surface area contributed by atoms with E-state index in [1.165, 1.54) is 36.4 Å². The lowest BCUT2D eigenvalue weighted by Gasteiger charge is -2.12. The van der Waals surface area contributed by atoms with E-state index in [1.807, 2.05) is 0 Å². The van der Waals surface area contributed by atoms with Crippen LogP contribution in [-0.4, -0.2) is 14.9 Å². The molecule has 0 N–H and O–H groups in total. The van der Waals surface area contributed by atoms with Gasteiger partial charge < -0.3 is 0 Å². The number of benzene rings is 2. The number of alkyl halides is 3. The molecule has 0 atom stereocenters. The molecule has 0 aliphatic carbocycles. The lowest BCUT2D eigenvalue weighted by molar-refractivity contribution is -0.143. The van der Waals surface area contributed by atoms with E-state index in [-0.39, 0.29) is 22.0 Å². The molecule has 0 unspecified atom stereocenters. The molecular formula is C18H10Cl2F4N2OS. The van der Waals surface area contributed by atoms with E-state index in [9.17, 15) is 22.4 Å². The van der Waals surface area contributed by atoms with Crippen molar-refractivity contribution in [3.05, 3.63) is 81.3 Å². The molecule has 0 bridgehead atoms. The van der Waals surface area contributed by atoms with Gasteiger partial charge in [-0.3, -0.25) is 4.79 Å². The summed E-state index contributed by atoms with van der Waals surface area (Å²) in [5.41, 5.74) is -1.70. The van der Waals surface area contributed by atoms with Gasteiger partial charge in [0.2, 0.25) is 5.12 Å². The van der Waals surface area contributed by atoms with Gasteiger partial charge >= 0.3 is 6.18 Å². The van der Waals surface area contributed by atoms with Crippen molar-refractivity contribution in [2.75, 3.05) is 0 Å². The smallest absolute Gasteiger partial charge is 0.281 e. The predicted octanol–water partition coefficient (Wildman–Crippen LogP) is 6.41. The molecule has 3 aromatic rings. The predicted molar refractivity (Wildman–Crippen MR) is 101 cm³/mol. The van der Waals surface area contributed by atoms with Gasteiger partial charge in [0, 0.05) is 21.4 Å². The van der Waals surface area contributed by atoms with Crippen LogP contribution in [0.5, 0.6) is 0 Å². The molecule has 0 radical (unpaired) electrons. The van der Waals surface area contributed by atoms with Crippen molar-refractivity contribution < 1.29 is 22.4 Å². The third kappa shape index (κ3) is 4.34. The topological polar surface area (TPSA) is 34.9 Å². The molecule has 0 saturated carbocycles. The number of hydrogen-bond acceptors (Lipinski definition) is 3. The number of aromatic nitrogens is 2. The van der Waals surface area contributed by atoms with Crippen molar-refractivity contribution in [2.24, 2.45) is 0 Å². The second kappa shape index (κ2) is 8.14. The van der Waals surface area contributed by atoms with Crippen LogP contribution in [0, 0.1) is 5.82 Å². The van der Waals surface area contributed by atoms with Crippen molar-refractivity contribution in [1.29, 1.82) is 0 Å². The molecule has 0 aliphatic rings. The monoisotopic (exact) mass is 448 g/mol. The van der Waals surface area contributed by atoms with Gasteiger partial charge in [-0.25, -0.2) is 9.07 Å². The van der Waals surface area contributed by atoms with Crippen LogP contribution in [0.3, 0.4) is 0 Å². The first-order valence-electron chi connectivity index (χ1n) is 7.69. The summed E-state index contributed by atoms with van der Waals surface area (Å²) in [5, 5.41) is 3.25. The largest absolute Gasteiger partial charge is 0.434 e. The Morgan fingerprint density at radius 2 is 1.79 bits per heavy atom. The summed E-state index contributed by atoms with van der Waals surface area (Å²) in [6.45, 7) is 0. The minimum atomic E-state index is -4.84. The van der Waals surface area contributed by atoms with E-state index in [0.29, 0.717) is 21.5 Å². The standard InChI is InChI=1S/C18H10Cl2F4N2OS/c19-10-4-6-11(7-5-10)26-16(18(22,23)24)12(8-25-26)17(27)28-9-13-14(20)2-1-3-15(13)21/h1-8H,9H2. The van der Waals surface area contributed by atoms with Gasteiger partial charge in [-0.15, -0.1) is 0 Å². The zero-order valence-corrected chi connectivity index (χ0v) is 16.1. The molecule has 3 rings (SSSR count). The van der Waals surface area contributed by atoms with Crippen LogP contribution in [0.15, 0.2) is 48.7 Å². The van der Waals surface area contributed by atoms with E-state index < -0.39 is 28.4 Å². The Balaban J connectivity index is 1.93. The van der Waals surface area contributed by atoms with Crippen LogP contribution in [0.4, 0.5) is 17.6 Å². The Morgan fingerprint density at radius 3 is 2.39 bits per heavy atom. The summed E-state index contributed by atoms with van der Waals surface area (Å²) >= 11 is 12.2. The maximum absolute atomic E-state index is 13.8. The Kier molecular flexibility index (Phi) is 6.02. The number of thioether (sulfide) groups is 1. The van der Waals surface area contributed by atoms with E-state index >= 15 is 0 Å². The molecule has 2 aromatic carbocycles. The SMILES string of the molecule is O=C(SCc1c(F)cccc1Cl)c1cnn(-c2ccc(Cl)cc2)c1C(F)(F)F. The van der Waals surface area contributed by atoms with E-state index in [2.05, 4.69) is 5.10 Å². The third-order valence-corrected chi connectivity index (χ3v) is 5.26. The first kappa shape index (κ1) is 20.7. The third-order valence-electron chi connectivity index (χ3n) is 3.74. The van der Waals surface area contributed by atoms with Crippen LogP contribution in [0.1, 0.15) is 21.6 Å². The number of nitrogens with zero attached hydrogens (tertiary/aromatic N) is 2. The number of carbonyl (C=O) groups excluding carboxylic acids is 1. The van der Waals surface area contributed by atoms with Crippen LogP contribution in [0.2, 0.25) is 10.0 Å².